The quantitative estimate of drug-likeness (QED) is 0.531. The number of hydrogen-bond donors (Lipinski definition) is 0. The lowest BCUT2D eigenvalue weighted by atomic mass is 10.4. The van der Waals surface area contributed by atoms with Gasteiger partial charge in [0.2, 0.25) is 0 Å². The normalized spacial score (nSPS) is 10.4. The van der Waals surface area contributed by atoms with Gasteiger partial charge in [-0.05, 0) is 13.8 Å². The van der Waals surface area contributed by atoms with Crippen LogP contribution in [0, 0.1) is 6.33 Å². The van der Waals surface area contributed by atoms with Crippen molar-refractivity contribution in [1.29, 1.82) is 0 Å². The van der Waals surface area contributed by atoms with Crippen LogP contribution in [0.15, 0.2) is 12.4 Å². The Morgan fingerprint density at radius 2 is 2.38 bits per heavy atom. The van der Waals surface area contributed by atoms with E-state index in [1.807, 2.05) is 10.8 Å². The summed E-state index contributed by atoms with van der Waals surface area (Å²) in [5.74, 6) is 0. The minimum atomic E-state index is 0.484. The van der Waals surface area contributed by atoms with Crippen molar-refractivity contribution in [3.05, 3.63) is 18.7 Å². The zero-order chi connectivity index (χ0) is 5.98. The molecule has 0 bridgehead atoms. The van der Waals surface area contributed by atoms with E-state index in [9.17, 15) is 0 Å². The summed E-state index contributed by atoms with van der Waals surface area (Å²) in [5, 5.41) is 0. The molecular formula is C6H9N2. The van der Waals surface area contributed by atoms with Crippen molar-refractivity contribution in [1.82, 2.24) is 9.55 Å². The SMILES string of the molecule is CC(C)n1[c]ncc1. The second-order valence-corrected chi connectivity index (χ2v) is 2.03. The Morgan fingerprint density at radius 3 is 2.62 bits per heavy atom. The van der Waals surface area contributed by atoms with E-state index >= 15 is 0 Å². The lowest BCUT2D eigenvalue weighted by Crippen LogP contribution is -1.95. The van der Waals surface area contributed by atoms with Gasteiger partial charge >= 0.3 is 0 Å². The van der Waals surface area contributed by atoms with Crippen LogP contribution in [0.1, 0.15) is 19.9 Å². The number of hydrogen-bond acceptors (Lipinski definition) is 1. The van der Waals surface area contributed by atoms with E-state index in [1.165, 1.54) is 0 Å². The van der Waals surface area contributed by atoms with Crippen LogP contribution in [0.5, 0.6) is 0 Å². The Morgan fingerprint density at radius 1 is 1.62 bits per heavy atom. The van der Waals surface area contributed by atoms with Gasteiger partial charge in [0.05, 0.1) is 0 Å². The third-order valence-corrected chi connectivity index (χ3v) is 1.03. The maximum Gasteiger partial charge on any atom is 0.176 e. The maximum atomic E-state index is 3.78. The van der Waals surface area contributed by atoms with E-state index < -0.39 is 0 Å². The summed E-state index contributed by atoms with van der Waals surface area (Å²) in [6, 6.07) is 0.484. The predicted molar refractivity (Wildman–Crippen MR) is 31.4 cm³/mol. The first kappa shape index (κ1) is 5.35. The van der Waals surface area contributed by atoms with E-state index in [0.29, 0.717) is 6.04 Å². The zero-order valence-corrected chi connectivity index (χ0v) is 5.13. The molecule has 0 amide bonds. The third-order valence-electron chi connectivity index (χ3n) is 1.03. The molecule has 0 fully saturated rings. The van der Waals surface area contributed by atoms with Gasteiger partial charge in [0.1, 0.15) is 0 Å². The van der Waals surface area contributed by atoms with Crippen LogP contribution < -0.4 is 0 Å². The molecule has 8 heavy (non-hydrogen) atoms. The van der Waals surface area contributed by atoms with E-state index in [4.69, 9.17) is 0 Å². The highest BCUT2D eigenvalue weighted by Crippen LogP contribution is 1.99. The first-order valence-electron chi connectivity index (χ1n) is 2.71. The van der Waals surface area contributed by atoms with Crippen molar-refractivity contribution in [2.24, 2.45) is 0 Å². The summed E-state index contributed by atoms with van der Waals surface area (Å²) in [7, 11) is 0. The van der Waals surface area contributed by atoms with Gasteiger partial charge in [0.15, 0.2) is 6.33 Å². The number of rotatable bonds is 1. The average molecular weight is 109 g/mol. The zero-order valence-electron chi connectivity index (χ0n) is 5.13. The minimum Gasteiger partial charge on any atom is -0.326 e. The van der Waals surface area contributed by atoms with Crippen molar-refractivity contribution in [2.45, 2.75) is 19.9 Å². The summed E-state index contributed by atoms with van der Waals surface area (Å²) in [6.45, 7) is 4.19. The molecule has 0 saturated heterocycles. The van der Waals surface area contributed by atoms with Crippen LogP contribution in [-0.2, 0) is 0 Å². The lowest BCUT2D eigenvalue weighted by Gasteiger charge is -2.01. The van der Waals surface area contributed by atoms with E-state index in [-0.39, 0.29) is 0 Å². The molecule has 43 valence electrons. The standard InChI is InChI=1S/C6H9N2/c1-6(2)8-4-3-7-5-8/h3-4,6H,1-2H3. The molecule has 1 radical (unpaired) electrons. The summed E-state index contributed by atoms with van der Waals surface area (Å²) in [5.41, 5.74) is 0. The Hall–Kier alpha value is -0.790. The first-order valence-corrected chi connectivity index (χ1v) is 2.71. The largest absolute Gasteiger partial charge is 0.326 e. The summed E-state index contributed by atoms with van der Waals surface area (Å²) < 4.78 is 1.93. The average Bonchev–Trinajstić information content (AvgIpc) is 2.12. The van der Waals surface area contributed by atoms with Gasteiger partial charge in [-0.15, -0.1) is 0 Å². The molecule has 1 aromatic heterocycles. The van der Waals surface area contributed by atoms with Crippen molar-refractivity contribution in [3.63, 3.8) is 0 Å². The van der Waals surface area contributed by atoms with Gasteiger partial charge in [0.25, 0.3) is 0 Å². The number of nitrogens with zero attached hydrogens (tertiary/aromatic N) is 2. The second kappa shape index (κ2) is 1.99. The van der Waals surface area contributed by atoms with Gasteiger partial charge in [-0.2, -0.15) is 0 Å². The van der Waals surface area contributed by atoms with Crippen LogP contribution >= 0.6 is 0 Å². The third kappa shape index (κ3) is 0.886. The van der Waals surface area contributed by atoms with Gasteiger partial charge < -0.3 is 4.57 Å². The topological polar surface area (TPSA) is 17.8 Å². The van der Waals surface area contributed by atoms with Crippen molar-refractivity contribution < 1.29 is 0 Å². The van der Waals surface area contributed by atoms with Crippen LogP contribution in [0.3, 0.4) is 0 Å². The molecule has 0 aromatic carbocycles. The lowest BCUT2D eigenvalue weighted by molar-refractivity contribution is 0.595. The van der Waals surface area contributed by atoms with Gasteiger partial charge in [-0.1, -0.05) is 0 Å². The van der Waals surface area contributed by atoms with Crippen LogP contribution in [0.25, 0.3) is 0 Å². The summed E-state index contributed by atoms with van der Waals surface area (Å²) in [6.07, 6.45) is 6.45. The van der Waals surface area contributed by atoms with Crippen molar-refractivity contribution in [3.8, 4) is 0 Å². The van der Waals surface area contributed by atoms with Crippen molar-refractivity contribution in [2.75, 3.05) is 0 Å². The molecule has 0 aliphatic heterocycles. The molecule has 0 saturated carbocycles. The molecule has 0 unspecified atom stereocenters. The van der Waals surface area contributed by atoms with Crippen LogP contribution in [-0.4, -0.2) is 9.55 Å². The van der Waals surface area contributed by atoms with Crippen LogP contribution in [0.4, 0.5) is 0 Å². The fourth-order valence-electron chi connectivity index (χ4n) is 0.526. The molecule has 1 rings (SSSR count). The van der Waals surface area contributed by atoms with E-state index in [2.05, 4.69) is 25.2 Å². The fourth-order valence-corrected chi connectivity index (χ4v) is 0.526. The maximum absolute atomic E-state index is 3.78. The van der Waals surface area contributed by atoms with Crippen LogP contribution in [0.2, 0.25) is 0 Å². The fraction of sp³-hybridized carbons (Fsp3) is 0.500. The smallest absolute Gasteiger partial charge is 0.176 e. The van der Waals surface area contributed by atoms with Gasteiger partial charge in [0, 0.05) is 18.4 Å². The molecule has 0 N–H and O–H groups in total. The Labute approximate surface area is 49.2 Å². The monoisotopic (exact) mass is 109 g/mol. The number of imidazole rings is 1. The van der Waals surface area contributed by atoms with Gasteiger partial charge in [-0.25, -0.2) is 4.98 Å². The van der Waals surface area contributed by atoms with Crippen molar-refractivity contribution >= 4 is 0 Å². The van der Waals surface area contributed by atoms with E-state index in [0.717, 1.165) is 0 Å². The minimum absolute atomic E-state index is 0.484. The summed E-state index contributed by atoms with van der Waals surface area (Å²) in [4.78, 5) is 3.78. The molecule has 0 spiro atoms. The first-order chi connectivity index (χ1) is 3.80. The Bertz CT molecular complexity index is 142. The molecule has 0 aliphatic rings. The molecular weight excluding hydrogens is 100 g/mol. The Balaban J connectivity index is 2.77. The van der Waals surface area contributed by atoms with Gasteiger partial charge in [-0.3, -0.25) is 0 Å². The second-order valence-electron chi connectivity index (χ2n) is 2.03. The number of aromatic nitrogens is 2. The van der Waals surface area contributed by atoms with E-state index in [1.54, 1.807) is 6.20 Å². The molecule has 0 aliphatic carbocycles. The Kier molecular flexibility index (Phi) is 1.33. The molecule has 2 nitrogen and oxygen atoms in total. The predicted octanol–water partition coefficient (Wildman–Crippen LogP) is 1.26. The highest BCUT2D eigenvalue weighted by Gasteiger charge is 1.91. The highest BCUT2D eigenvalue weighted by molar-refractivity contribution is 4.74. The molecule has 1 aromatic rings. The highest BCUT2D eigenvalue weighted by atomic mass is 15.0. The molecule has 0 atom stereocenters. The molecule has 2 heteroatoms. The summed E-state index contributed by atoms with van der Waals surface area (Å²) >= 11 is 0. The molecule has 1 heterocycles.